The number of aromatic nitrogens is 1. The highest BCUT2D eigenvalue weighted by molar-refractivity contribution is 5.88. The van der Waals surface area contributed by atoms with E-state index in [0.29, 0.717) is 31.3 Å². The van der Waals surface area contributed by atoms with Gasteiger partial charge in [0.1, 0.15) is 13.2 Å². The van der Waals surface area contributed by atoms with E-state index in [1.807, 2.05) is 22.9 Å². The Morgan fingerprint density at radius 1 is 1.26 bits per heavy atom. The molecule has 1 aromatic heterocycles. The Morgan fingerprint density at radius 2 is 1.95 bits per heavy atom. The molecule has 1 aliphatic rings. The molecule has 1 atom stereocenters. The predicted molar refractivity (Wildman–Crippen MR) is 70.6 cm³/mol. The van der Waals surface area contributed by atoms with Crippen molar-refractivity contribution < 1.29 is 19.7 Å². The van der Waals surface area contributed by atoms with Gasteiger partial charge >= 0.3 is 0 Å². The first-order valence-corrected chi connectivity index (χ1v) is 6.42. The zero-order valence-corrected chi connectivity index (χ0v) is 10.8. The fourth-order valence-corrected chi connectivity index (χ4v) is 2.48. The number of hydrogen-bond acceptors (Lipinski definition) is 4. The van der Waals surface area contributed by atoms with Crippen LogP contribution in [0.4, 0.5) is 0 Å². The average molecular weight is 263 g/mol. The quantitative estimate of drug-likeness (QED) is 0.880. The Hall–Kier alpha value is -1.72. The lowest BCUT2D eigenvalue weighted by molar-refractivity contribution is 0.172. The molecule has 0 fully saturated rings. The monoisotopic (exact) mass is 263 g/mol. The highest BCUT2D eigenvalue weighted by Gasteiger charge is 2.18. The average Bonchev–Trinajstić information content (AvgIpc) is 2.75. The van der Waals surface area contributed by atoms with Crippen LogP contribution >= 0.6 is 0 Å². The lowest BCUT2D eigenvalue weighted by Crippen LogP contribution is -2.15. The van der Waals surface area contributed by atoms with Crippen LogP contribution < -0.4 is 9.47 Å². The molecule has 2 N–H and O–H groups in total. The number of aliphatic hydroxyl groups excluding tert-OH is 2. The van der Waals surface area contributed by atoms with Gasteiger partial charge in [-0.2, -0.15) is 0 Å². The molecule has 5 nitrogen and oxygen atoms in total. The molecule has 0 saturated carbocycles. The number of hydrogen-bond donors (Lipinski definition) is 2. The zero-order valence-electron chi connectivity index (χ0n) is 10.8. The van der Waals surface area contributed by atoms with Crippen molar-refractivity contribution in [3.8, 4) is 11.5 Å². The Morgan fingerprint density at radius 3 is 2.58 bits per heavy atom. The van der Waals surface area contributed by atoms with Crippen LogP contribution in [0, 0.1) is 0 Å². The first kappa shape index (κ1) is 12.3. The lowest BCUT2D eigenvalue weighted by atomic mass is 10.1. The van der Waals surface area contributed by atoms with Crippen LogP contribution in [-0.4, -0.2) is 34.6 Å². The van der Waals surface area contributed by atoms with Gasteiger partial charge in [0, 0.05) is 29.8 Å². The van der Waals surface area contributed by atoms with Crippen LogP contribution in [0.1, 0.15) is 18.6 Å². The Balaban J connectivity index is 2.22. The molecule has 2 aromatic rings. The number of rotatable bonds is 3. The van der Waals surface area contributed by atoms with Crippen molar-refractivity contribution >= 4 is 10.9 Å². The molecular formula is C14H17NO4. The second-order valence-electron chi connectivity index (χ2n) is 4.69. The second-order valence-corrected chi connectivity index (χ2v) is 4.69. The molecule has 1 unspecified atom stereocenters. The molecule has 19 heavy (non-hydrogen) atoms. The van der Waals surface area contributed by atoms with Crippen molar-refractivity contribution in [3.63, 3.8) is 0 Å². The van der Waals surface area contributed by atoms with E-state index in [-0.39, 0.29) is 6.61 Å². The predicted octanol–water partition coefficient (Wildman–Crippen LogP) is 1.46. The summed E-state index contributed by atoms with van der Waals surface area (Å²) in [6, 6.07) is 3.81. The number of fused-ring (bicyclic) bond motifs is 2. The maximum Gasteiger partial charge on any atom is 0.163 e. The summed E-state index contributed by atoms with van der Waals surface area (Å²) in [7, 11) is 0. The second kappa shape index (κ2) is 4.75. The van der Waals surface area contributed by atoms with Crippen molar-refractivity contribution in [3.05, 3.63) is 23.9 Å². The molecular weight excluding hydrogens is 246 g/mol. The molecule has 0 aliphatic carbocycles. The third-order valence-corrected chi connectivity index (χ3v) is 3.37. The minimum atomic E-state index is -0.565. The molecule has 0 bridgehead atoms. The standard InChI is InChI=1S/C14H17NO4/c1-9(17)11-8-15(2-3-16)12-7-14-13(6-10(11)12)18-4-5-19-14/h6-9,16-17H,2-5H2,1H3. The van der Waals surface area contributed by atoms with Gasteiger partial charge in [0.05, 0.1) is 18.2 Å². The highest BCUT2D eigenvalue weighted by atomic mass is 16.6. The number of benzene rings is 1. The first-order valence-electron chi connectivity index (χ1n) is 6.42. The Kier molecular flexibility index (Phi) is 3.08. The molecule has 3 rings (SSSR count). The molecule has 0 radical (unpaired) electrons. The van der Waals surface area contributed by atoms with E-state index in [1.54, 1.807) is 6.92 Å². The smallest absolute Gasteiger partial charge is 0.163 e. The minimum Gasteiger partial charge on any atom is -0.486 e. The van der Waals surface area contributed by atoms with Gasteiger partial charge in [-0.25, -0.2) is 0 Å². The van der Waals surface area contributed by atoms with Crippen LogP contribution in [0.25, 0.3) is 10.9 Å². The SMILES string of the molecule is CC(O)c1cn(CCO)c2cc3c(cc12)OCCO3. The van der Waals surface area contributed by atoms with Gasteiger partial charge in [-0.15, -0.1) is 0 Å². The van der Waals surface area contributed by atoms with Crippen molar-refractivity contribution in [2.24, 2.45) is 0 Å². The normalized spacial score (nSPS) is 15.7. The summed E-state index contributed by atoms with van der Waals surface area (Å²) in [5.41, 5.74) is 1.77. The molecule has 5 heteroatoms. The minimum absolute atomic E-state index is 0.0530. The maximum atomic E-state index is 9.86. The molecule has 0 spiro atoms. The van der Waals surface area contributed by atoms with E-state index in [2.05, 4.69) is 0 Å². The summed E-state index contributed by atoms with van der Waals surface area (Å²) >= 11 is 0. The fourth-order valence-electron chi connectivity index (χ4n) is 2.48. The van der Waals surface area contributed by atoms with Gasteiger partial charge < -0.3 is 24.3 Å². The maximum absolute atomic E-state index is 9.86. The van der Waals surface area contributed by atoms with Crippen LogP contribution in [0.5, 0.6) is 11.5 Å². The Bertz CT molecular complexity index is 603. The molecule has 0 saturated heterocycles. The summed E-state index contributed by atoms with van der Waals surface area (Å²) in [5, 5.41) is 19.9. The zero-order chi connectivity index (χ0) is 13.4. The Labute approximate surface area is 111 Å². The van der Waals surface area contributed by atoms with Gasteiger partial charge in [-0.1, -0.05) is 0 Å². The van der Waals surface area contributed by atoms with E-state index >= 15 is 0 Å². The van der Waals surface area contributed by atoms with E-state index in [1.165, 1.54) is 0 Å². The molecule has 1 aromatic carbocycles. The molecule has 2 heterocycles. The van der Waals surface area contributed by atoms with Gasteiger partial charge in [0.15, 0.2) is 11.5 Å². The van der Waals surface area contributed by atoms with Gasteiger partial charge in [-0.3, -0.25) is 0 Å². The summed E-state index contributed by atoms with van der Waals surface area (Å²) in [4.78, 5) is 0. The van der Waals surface area contributed by atoms with E-state index in [4.69, 9.17) is 14.6 Å². The van der Waals surface area contributed by atoms with Crippen molar-refractivity contribution in [1.29, 1.82) is 0 Å². The number of aliphatic hydroxyl groups is 2. The lowest BCUT2D eigenvalue weighted by Gasteiger charge is -2.19. The van der Waals surface area contributed by atoms with Crippen LogP contribution in [0.2, 0.25) is 0 Å². The van der Waals surface area contributed by atoms with Crippen molar-refractivity contribution in [2.75, 3.05) is 19.8 Å². The fraction of sp³-hybridized carbons (Fsp3) is 0.429. The summed E-state index contributed by atoms with van der Waals surface area (Å²) in [6.07, 6.45) is 1.31. The van der Waals surface area contributed by atoms with Gasteiger partial charge in [0.25, 0.3) is 0 Å². The summed E-state index contributed by atoms with van der Waals surface area (Å²) in [5.74, 6) is 1.43. The number of ether oxygens (including phenoxy) is 2. The molecule has 1 aliphatic heterocycles. The van der Waals surface area contributed by atoms with E-state index in [9.17, 15) is 5.11 Å². The van der Waals surface area contributed by atoms with Crippen LogP contribution in [0.3, 0.4) is 0 Å². The topological polar surface area (TPSA) is 63.9 Å². The molecule has 102 valence electrons. The van der Waals surface area contributed by atoms with E-state index < -0.39 is 6.10 Å². The largest absolute Gasteiger partial charge is 0.486 e. The third-order valence-electron chi connectivity index (χ3n) is 3.37. The summed E-state index contributed by atoms with van der Waals surface area (Å²) < 4.78 is 13.1. The van der Waals surface area contributed by atoms with Crippen LogP contribution in [-0.2, 0) is 6.54 Å². The first-order chi connectivity index (χ1) is 9.20. The molecule has 0 amide bonds. The summed E-state index contributed by atoms with van der Waals surface area (Å²) in [6.45, 7) is 3.36. The van der Waals surface area contributed by atoms with E-state index in [0.717, 1.165) is 16.5 Å². The van der Waals surface area contributed by atoms with Gasteiger partial charge in [0.2, 0.25) is 0 Å². The highest BCUT2D eigenvalue weighted by Crippen LogP contribution is 2.38. The van der Waals surface area contributed by atoms with Crippen molar-refractivity contribution in [2.45, 2.75) is 19.6 Å². The van der Waals surface area contributed by atoms with Gasteiger partial charge in [-0.05, 0) is 13.0 Å². The van der Waals surface area contributed by atoms with Crippen molar-refractivity contribution in [1.82, 2.24) is 4.57 Å². The van der Waals surface area contributed by atoms with Crippen LogP contribution in [0.15, 0.2) is 18.3 Å². The number of nitrogens with zero attached hydrogens (tertiary/aromatic N) is 1. The third kappa shape index (κ3) is 2.05.